The highest BCUT2D eigenvalue weighted by Crippen LogP contribution is 2.36. The number of nitrogens with zero attached hydrogens (tertiary/aromatic N) is 5. The fourth-order valence-corrected chi connectivity index (χ4v) is 4.58. The molecule has 2 rings (SSSR count). The van der Waals surface area contributed by atoms with Gasteiger partial charge in [-0.25, -0.2) is 0 Å². The normalized spacial score (nSPS) is 13.6. The van der Waals surface area contributed by atoms with Crippen molar-refractivity contribution in [3.05, 3.63) is 39.8 Å². The van der Waals surface area contributed by atoms with Gasteiger partial charge in [0.25, 0.3) is 0 Å². The van der Waals surface area contributed by atoms with E-state index in [-0.39, 0.29) is 5.60 Å². The number of anilines is 1. The molecule has 1 unspecified atom stereocenters. The van der Waals surface area contributed by atoms with Crippen molar-refractivity contribution in [3.63, 3.8) is 0 Å². The van der Waals surface area contributed by atoms with Gasteiger partial charge >= 0.3 is 0 Å². The van der Waals surface area contributed by atoms with Crippen molar-refractivity contribution in [2.45, 2.75) is 91.9 Å². The first kappa shape index (κ1) is 29.5. The molecule has 0 bridgehead atoms. The van der Waals surface area contributed by atoms with Gasteiger partial charge in [-0.15, -0.1) is 21.6 Å². The van der Waals surface area contributed by atoms with Crippen LogP contribution in [0.5, 0.6) is 0 Å². The lowest BCUT2D eigenvalue weighted by molar-refractivity contribution is -0.0542. The fraction of sp³-hybridized carbons (Fsp3) is 0.571. The molecule has 0 spiro atoms. The second-order valence-corrected chi connectivity index (χ2v) is 11.4. The van der Waals surface area contributed by atoms with Crippen LogP contribution in [0.4, 0.5) is 16.4 Å². The zero-order valence-corrected chi connectivity index (χ0v) is 23.7. The van der Waals surface area contributed by atoms with Gasteiger partial charge in [-0.1, -0.05) is 6.92 Å². The summed E-state index contributed by atoms with van der Waals surface area (Å²) in [5, 5.41) is 38.0. The van der Waals surface area contributed by atoms with E-state index in [2.05, 4.69) is 61.0 Å². The van der Waals surface area contributed by atoms with Crippen LogP contribution in [-0.4, -0.2) is 35.5 Å². The Hall–Kier alpha value is -2.78. The molecule has 8 heteroatoms. The van der Waals surface area contributed by atoms with E-state index in [0.29, 0.717) is 46.5 Å². The summed E-state index contributed by atoms with van der Waals surface area (Å²) in [5.41, 5.74) is 2.87. The smallest absolute Gasteiger partial charge is 0.158 e. The van der Waals surface area contributed by atoms with E-state index in [1.807, 2.05) is 32.9 Å². The number of aryl methyl sites for hydroxylation is 1. The van der Waals surface area contributed by atoms with Crippen LogP contribution < -0.4 is 4.90 Å². The summed E-state index contributed by atoms with van der Waals surface area (Å²) in [6, 6.07) is 10.6. The lowest BCUT2D eigenvalue weighted by Crippen LogP contribution is -2.37. The van der Waals surface area contributed by atoms with Crippen LogP contribution in [0.3, 0.4) is 0 Å². The van der Waals surface area contributed by atoms with Crippen molar-refractivity contribution in [1.82, 2.24) is 0 Å². The lowest BCUT2D eigenvalue weighted by Gasteiger charge is -2.34. The van der Waals surface area contributed by atoms with Gasteiger partial charge in [0.1, 0.15) is 17.0 Å². The minimum absolute atomic E-state index is 0.296. The first-order valence-electron chi connectivity index (χ1n) is 12.4. The van der Waals surface area contributed by atoms with Gasteiger partial charge < -0.3 is 14.7 Å². The number of hydrogen-bond donors (Lipinski definition) is 1. The number of rotatable bonds is 12. The van der Waals surface area contributed by atoms with Gasteiger partial charge in [0.15, 0.2) is 5.00 Å². The predicted molar refractivity (Wildman–Crippen MR) is 147 cm³/mol. The van der Waals surface area contributed by atoms with Crippen LogP contribution in [0.2, 0.25) is 0 Å². The summed E-state index contributed by atoms with van der Waals surface area (Å²) in [6.45, 7) is 17.5. The molecule has 1 aromatic heterocycles. The highest BCUT2D eigenvalue weighted by Gasteiger charge is 2.24. The lowest BCUT2D eigenvalue weighted by atomic mass is 9.99. The second-order valence-electron chi connectivity index (χ2n) is 10.4. The summed E-state index contributed by atoms with van der Waals surface area (Å²) < 4.78 is 6.13. The molecule has 0 saturated heterocycles. The maximum absolute atomic E-state index is 10.2. The van der Waals surface area contributed by atoms with Crippen molar-refractivity contribution in [3.8, 4) is 12.1 Å². The number of aliphatic hydroxyl groups is 1. The third-order valence-electron chi connectivity index (χ3n) is 6.58. The van der Waals surface area contributed by atoms with E-state index >= 15 is 0 Å². The van der Waals surface area contributed by atoms with Crippen LogP contribution in [0.15, 0.2) is 28.4 Å². The number of azo groups is 1. The standard InChI is InChI=1S/C28H39N5O2S/c1-9-28(8,34)13-15-35-27(6,7)12-14-33(19(2)3)22-10-11-24(20(4)16-22)31-32-26-23(17-29)21(5)25(18-30)36-26/h10-11,16,19,34H,9,12-15H2,1-8H3/b32-31+. The van der Waals surface area contributed by atoms with E-state index in [9.17, 15) is 15.6 Å². The van der Waals surface area contributed by atoms with Gasteiger partial charge in [0.2, 0.25) is 0 Å². The summed E-state index contributed by atoms with van der Waals surface area (Å²) in [5.74, 6) is 0. The molecule has 1 aromatic carbocycles. The highest BCUT2D eigenvalue weighted by atomic mass is 32.1. The van der Waals surface area contributed by atoms with Crippen LogP contribution in [0.1, 0.15) is 82.4 Å². The van der Waals surface area contributed by atoms with Crippen LogP contribution in [-0.2, 0) is 4.74 Å². The Balaban J connectivity index is 2.13. The van der Waals surface area contributed by atoms with Gasteiger partial charge in [-0.2, -0.15) is 10.5 Å². The molecule has 0 aliphatic carbocycles. The molecule has 1 atom stereocenters. The average Bonchev–Trinajstić information content (AvgIpc) is 3.12. The monoisotopic (exact) mass is 509 g/mol. The van der Waals surface area contributed by atoms with Gasteiger partial charge in [-0.05, 0) is 97.1 Å². The SMILES string of the molecule is CCC(C)(O)CCOC(C)(C)CCN(c1ccc(/N=N/c2sc(C#N)c(C)c2C#N)c(C)c1)C(C)C. The van der Waals surface area contributed by atoms with Crippen LogP contribution >= 0.6 is 11.3 Å². The van der Waals surface area contributed by atoms with Crippen LogP contribution in [0, 0.1) is 36.5 Å². The average molecular weight is 510 g/mol. The zero-order valence-electron chi connectivity index (χ0n) is 22.8. The van der Waals surface area contributed by atoms with Crippen molar-refractivity contribution < 1.29 is 9.84 Å². The molecule has 7 nitrogen and oxygen atoms in total. The highest BCUT2D eigenvalue weighted by molar-refractivity contribution is 7.16. The van der Waals surface area contributed by atoms with Gasteiger partial charge in [0.05, 0.1) is 29.1 Å². The summed E-state index contributed by atoms with van der Waals surface area (Å²) in [4.78, 5) is 2.83. The van der Waals surface area contributed by atoms with Gasteiger partial charge in [0, 0.05) is 18.3 Å². The third kappa shape index (κ3) is 7.86. The van der Waals surface area contributed by atoms with Crippen molar-refractivity contribution in [2.24, 2.45) is 10.2 Å². The van der Waals surface area contributed by atoms with E-state index in [0.717, 1.165) is 29.9 Å². The molecule has 0 amide bonds. The van der Waals surface area contributed by atoms with E-state index in [1.54, 1.807) is 6.92 Å². The quantitative estimate of drug-likeness (QED) is 0.299. The number of thiophene rings is 1. The molecular formula is C28H39N5O2S. The molecule has 2 aromatic rings. The van der Waals surface area contributed by atoms with Crippen molar-refractivity contribution >= 4 is 27.7 Å². The predicted octanol–water partition coefficient (Wildman–Crippen LogP) is 7.47. The molecule has 194 valence electrons. The van der Waals surface area contributed by atoms with Gasteiger partial charge in [-0.3, -0.25) is 0 Å². The number of nitriles is 2. The minimum Gasteiger partial charge on any atom is -0.390 e. The number of benzene rings is 1. The zero-order chi connectivity index (χ0) is 27.1. The Morgan fingerprint density at radius 3 is 2.36 bits per heavy atom. The molecular weight excluding hydrogens is 470 g/mol. The summed E-state index contributed by atoms with van der Waals surface area (Å²) in [6.07, 6.45) is 2.17. The van der Waals surface area contributed by atoms with E-state index in [4.69, 9.17) is 4.74 Å². The molecule has 0 aliphatic rings. The van der Waals surface area contributed by atoms with Crippen molar-refractivity contribution in [2.75, 3.05) is 18.1 Å². The van der Waals surface area contributed by atoms with Crippen LogP contribution in [0.25, 0.3) is 0 Å². The topological polar surface area (TPSA) is 105 Å². The Labute approximate surface area is 220 Å². The maximum atomic E-state index is 10.2. The molecule has 1 heterocycles. The first-order valence-corrected chi connectivity index (χ1v) is 13.2. The van der Waals surface area contributed by atoms with E-state index in [1.165, 1.54) is 11.3 Å². The molecule has 0 radical (unpaired) electrons. The Morgan fingerprint density at radius 2 is 1.81 bits per heavy atom. The second kappa shape index (κ2) is 12.5. The molecule has 1 N–H and O–H groups in total. The van der Waals surface area contributed by atoms with Crippen molar-refractivity contribution in [1.29, 1.82) is 10.5 Å². The summed E-state index contributed by atoms with van der Waals surface area (Å²) in [7, 11) is 0. The third-order valence-corrected chi connectivity index (χ3v) is 7.66. The largest absolute Gasteiger partial charge is 0.390 e. The fourth-order valence-electron chi connectivity index (χ4n) is 3.71. The first-order chi connectivity index (χ1) is 16.8. The Bertz CT molecular complexity index is 1150. The number of hydrogen-bond acceptors (Lipinski definition) is 8. The van der Waals surface area contributed by atoms with E-state index < -0.39 is 5.60 Å². The molecule has 0 aliphatic heterocycles. The Morgan fingerprint density at radius 1 is 1.11 bits per heavy atom. The maximum Gasteiger partial charge on any atom is 0.158 e. The molecule has 0 fully saturated rings. The number of ether oxygens (including phenoxy) is 1. The Kier molecular flexibility index (Phi) is 10.2. The molecule has 0 saturated carbocycles. The molecule has 36 heavy (non-hydrogen) atoms. The minimum atomic E-state index is -0.687. The summed E-state index contributed by atoms with van der Waals surface area (Å²) >= 11 is 1.19.